The zero-order chi connectivity index (χ0) is 13.4. The van der Waals surface area contributed by atoms with E-state index in [9.17, 15) is 4.79 Å². The van der Waals surface area contributed by atoms with E-state index < -0.39 is 0 Å². The molecule has 3 rings (SSSR count). The average Bonchev–Trinajstić information content (AvgIpc) is 2.80. The van der Waals surface area contributed by atoms with Crippen LogP contribution in [0.5, 0.6) is 0 Å². The molecule has 0 aliphatic carbocycles. The lowest BCUT2D eigenvalue weighted by atomic mass is 10.0. The summed E-state index contributed by atoms with van der Waals surface area (Å²) >= 11 is 1.73. The van der Waals surface area contributed by atoms with E-state index in [2.05, 4.69) is 56.3 Å². The van der Waals surface area contributed by atoms with Gasteiger partial charge in [0.1, 0.15) is 5.37 Å². The lowest BCUT2D eigenvalue weighted by molar-refractivity contribution is -0.129. The Morgan fingerprint density at radius 3 is 2.68 bits per heavy atom. The first-order valence-corrected chi connectivity index (χ1v) is 7.64. The van der Waals surface area contributed by atoms with Gasteiger partial charge in [0.15, 0.2) is 0 Å². The number of thioether (sulfide) groups is 1. The fourth-order valence-electron chi connectivity index (χ4n) is 2.70. The van der Waals surface area contributed by atoms with Crippen molar-refractivity contribution >= 4 is 28.4 Å². The van der Waals surface area contributed by atoms with E-state index in [-0.39, 0.29) is 17.3 Å². The van der Waals surface area contributed by atoms with Gasteiger partial charge < -0.3 is 4.90 Å². The molecule has 1 heterocycles. The van der Waals surface area contributed by atoms with Crippen molar-refractivity contribution in [2.75, 3.05) is 5.75 Å². The van der Waals surface area contributed by atoms with Crippen LogP contribution in [0.1, 0.15) is 24.8 Å². The zero-order valence-corrected chi connectivity index (χ0v) is 12.0. The summed E-state index contributed by atoms with van der Waals surface area (Å²) in [5.41, 5.74) is 1.25. The molecule has 2 aromatic rings. The highest BCUT2D eigenvalue weighted by molar-refractivity contribution is 8.00. The Balaban J connectivity index is 2.11. The van der Waals surface area contributed by atoms with Crippen molar-refractivity contribution in [3.05, 3.63) is 48.0 Å². The molecule has 1 saturated heterocycles. The summed E-state index contributed by atoms with van der Waals surface area (Å²) in [6.45, 7) is 4.17. The molecule has 0 radical (unpaired) electrons. The molecule has 1 aliphatic rings. The molecular formula is C16H17NOS. The third-order valence-electron chi connectivity index (χ3n) is 3.55. The van der Waals surface area contributed by atoms with Gasteiger partial charge in [0.05, 0.1) is 5.75 Å². The summed E-state index contributed by atoms with van der Waals surface area (Å²) in [4.78, 5) is 14.0. The molecule has 2 aromatic carbocycles. The predicted octanol–water partition coefficient (Wildman–Crippen LogP) is 3.82. The van der Waals surface area contributed by atoms with Gasteiger partial charge in [0.25, 0.3) is 0 Å². The number of carbonyl (C=O) groups is 1. The third kappa shape index (κ3) is 2.12. The number of nitrogens with zero attached hydrogens (tertiary/aromatic N) is 1. The average molecular weight is 271 g/mol. The molecule has 0 aromatic heterocycles. The molecule has 19 heavy (non-hydrogen) atoms. The van der Waals surface area contributed by atoms with Crippen LogP contribution < -0.4 is 0 Å². The van der Waals surface area contributed by atoms with E-state index in [0.29, 0.717) is 5.75 Å². The van der Waals surface area contributed by atoms with Gasteiger partial charge in [-0.3, -0.25) is 4.79 Å². The van der Waals surface area contributed by atoms with Crippen molar-refractivity contribution in [3.63, 3.8) is 0 Å². The molecule has 0 spiro atoms. The lowest BCUT2D eigenvalue weighted by Crippen LogP contribution is -2.34. The van der Waals surface area contributed by atoms with E-state index in [1.807, 2.05) is 4.90 Å². The van der Waals surface area contributed by atoms with Gasteiger partial charge >= 0.3 is 0 Å². The SMILES string of the molecule is CC(C)N1C(=O)CSC1c1cccc2ccccc12. The zero-order valence-electron chi connectivity index (χ0n) is 11.2. The van der Waals surface area contributed by atoms with Crippen LogP contribution in [0.4, 0.5) is 0 Å². The molecule has 1 fully saturated rings. The van der Waals surface area contributed by atoms with Crippen LogP contribution in [0, 0.1) is 0 Å². The van der Waals surface area contributed by atoms with Gasteiger partial charge in [0.2, 0.25) is 5.91 Å². The highest BCUT2D eigenvalue weighted by Crippen LogP contribution is 2.42. The number of rotatable bonds is 2. The van der Waals surface area contributed by atoms with E-state index in [0.717, 1.165) is 0 Å². The number of hydrogen-bond donors (Lipinski definition) is 0. The maximum Gasteiger partial charge on any atom is 0.234 e. The minimum Gasteiger partial charge on any atom is -0.323 e. The van der Waals surface area contributed by atoms with Gasteiger partial charge in [-0.1, -0.05) is 42.5 Å². The Morgan fingerprint density at radius 2 is 1.89 bits per heavy atom. The van der Waals surface area contributed by atoms with Crippen molar-refractivity contribution in [1.82, 2.24) is 4.90 Å². The number of amides is 1. The summed E-state index contributed by atoms with van der Waals surface area (Å²) < 4.78 is 0. The van der Waals surface area contributed by atoms with Crippen LogP contribution in [-0.2, 0) is 4.79 Å². The molecule has 1 unspecified atom stereocenters. The van der Waals surface area contributed by atoms with Gasteiger partial charge in [-0.2, -0.15) is 0 Å². The first-order valence-electron chi connectivity index (χ1n) is 6.59. The molecule has 0 N–H and O–H groups in total. The molecule has 0 saturated carbocycles. The minimum atomic E-state index is 0.151. The number of carbonyl (C=O) groups excluding carboxylic acids is 1. The summed E-state index contributed by atoms with van der Waals surface area (Å²) in [7, 11) is 0. The highest BCUT2D eigenvalue weighted by atomic mass is 32.2. The van der Waals surface area contributed by atoms with Crippen LogP contribution in [0.3, 0.4) is 0 Å². The maximum atomic E-state index is 12.0. The Labute approximate surface area is 117 Å². The van der Waals surface area contributed by atoms with Crippen LogP contribution in [0.15, 0.2) is 42.5 Å². The number of fused-ring (bicyclic) bond motifs is 1. The summed E-state index contributed by atoms with van der Waals surface area (Å²) in [6.07, 6.45) is 0. The van der Waals surface area contributed by atoms with Crippen LogP contribution in [0.2, 0.25) is 0 Å². The van der Waals surface area contributed by atoms with E-state index >= 15 is 0 Å². The quantitative estimate of drug-likeness (QED) is 0.827. The van der Waals surface area contributed by atoms with Crippen molar-refractivity contribution in [1.29, 1.82) is 0 Å². The molecule has 0 bridgehead atoms. The van der Waals surface area contributed by atoms with Gasteiger partial charge in [0, 0.05) is 6.04 Å². The Hall–Kier alpha value is -1.48. The summed E-state index contributed by atoms with van der Waals surface area (Å²) in [5.74, 6) is 0.837. The first kappa shape index (κ1) is 12.5. The molecule has 98 valence electrons. The number of hydrogen-bond acceptors (Lipinski definition) is 2. The van der Waals surface area contributed by atoms with Gasteiger partial charge in [-0.25, -0.2) is 0 Å². The Kier molecular flexibility index (Phi) is 3.23. The summed E-state index contributed by atoms with van der Waals surface area (Å²) in [6, 6.07) is 15.0. The standard InChI is InChI=1S/C16H17NOS/c1-11(2)17-15(18)10-19-16(17)14-9-5-7-12-6-3-4-8-13(12)14/h3-9,11,16H,10H2,1-2H3. The molecule has 2 nitrogen and oxygen atoms in total. The lowest BCUT2D eigenvalue weighted by Gasteiger charge is -2.28. The van der Waals surface area contributed by atoms with E-state index in [1.54, 1.807) is 11.8 Å². The third-order valence-corrected chi connectivity index (χ3v) is 4.76. The summed E-state index contributed by atoms with van der Waals surface area (Å²) in [5, 5.41) is 2.64. The maximum absolute atomic E-state index is 12.0. The van der Waals surface area contributed by atoms with Crippen LogP contribution in [-0.4, -0.2) is 22.6 Å². The monoisotopic (exact) mass is 271 g/mol. The normalized spacial score (nSPS) is 19.6. The van der Waals surface area contributed by atoms with E-state index in [4.69, 9.17) is 0 Å². The first-order chi connectivity index (χ1) is 9.18. The fourth-order valence-corrected chi connectivity index (χ4v) is 4.06. The second-order valence-electron chi connectivity index (χ2n) is 5.13. The Bertz CT molecular complexity index is 618. The fraction of sp³-hybridized carbons (Fsp3) is 0.312. The topological polar surface area (TPSA) is 20.3 Å². The molecular weight excluding hydrogens is 254 g/mol. The molecule has 3 heteroatoms. The predicted molar refractivity (Wildman–Crippen MR) is 81.1 cm³/mol. The van der Waals surface area contributed by atoms with E-state index in [1.165, 1.54) is 16.3 Å². The largest absolute Gasteiger partial charge is 0.323 e. The number of benzene rings is 2. The molecule has 1 amide bonds. The minimum absolute atomic E-state index is 0.151. The van der Waals surface area contributed by atoms with Gasteiger partial charge in [-0.15, -0.1) is 11.8 Å². The van der Waals surface area contributed by atoms with Crippen molar-refractivity contribution in [2.24, 2.45) is 0 Å². The molecule has 1 atom stereocenters. The molecule has 1 aliphatic heterocycles. The smallest absolute Gasteiger partial charge is 0.234 e. The van der Waals surface area contributed by atoms with Crippen molar-refractivity contribution in [2.45, 2.75) is 25.3 Å². The van der Waals surface area contributed by atoms with Crippen molar-refractivity contribution in [3.8, 4) is 0 Å². The van der Waals surface area contributed by atoms with Gasteiger partial charge in [-0.05, 0) is 30.2 Å². The van der Waals surface area contributed by atoms with Crippen LogP contribution >= 0.6 is 11.8 Å². The Morgan fingerprint density at radius 1 is 1.16 bits per heavy atom. The second kappa shape index (κ2) is 4.89. The highest BCUT2D eigenvalue weighted by Gasteiger charge is 2.35. The second-order valence-corrected chi connectivity index (χ2v) is 6.20. The van der Waals surface area contributed by atoms with Crippen LogP contribution in [0.25, 0.3) is 10.8 Å². The van der Waals surface area contributed by atoms with Crippen molar-refractivity contribution < 1.29 is 4.79 Å².